The molecule has 4 heterocycles. The van der Waals surface area contributed by atoms with Crippen LogP contribution in [0.2, 0.25) is 0 Å². The molecule has 32 heavy (non-hydrogen) atoms. The molecule has 1 amide bonds. The van der Waals surface area contributed by atoms with E-state index in [2.05, 4.69) is 4.99 Å². The van der Waals surface area contributed by atoms with Gasteiger partial charge in [-0.1, -0.05) is 6.42 Å². The SMILES string of the molecule is O=C1/C(=C/c2ccc(-c3ccc(S(=O)(=O)N4CCOCC4)cc3)o2)N=C2CCCCCN12. The lowest BCUT2D eigenvalue weighted by atomic mass is 10.2. The molecule has 3 aliphatic rings. The van der Waals surface area contributed by atoms with Gasteiger partial charge in [0, 0.05) is 37.7 Å². The molecule has 0 saturated carbocycles. The Labute approximate surface area is 187 Å². The van der Waals surface area contributed by atoms with Crippen molar-refractivity contribution >= 4 is 27.8 Å². The summed E-state index contributed by atoms with van der Waals surface area (Å²) in [5.41, 5.74) is 1.16. The first-order valence-electron chi connectivity index (χ1n) is 10.9. The Bertz CT molecular complexity index is 1170. The minimum absolute atomic E-state index is 0.0717. The molecule has 5 rings (SSSR count). The molecule has 1 aromatic heterocycles. The largest absolute Gasteiger partial charge is 0.457 e. The highest BCUT2D eigenvalue weighted by molar-refractivity contribution is 7.89. The van der Waals surface area contributed by atoms with E-state index in [1.807, 2.05) is 6.07 Å². The summed E-state index contributed by atoms with van der Waals surface area (Å²) < 4.78 is 38.2. The third-order valence-corrected chi connectivity index (χ3v) is 7.87. The zero-order chi connectivity index (χ0) is 22.1. The van der Waals surface area contributed by atoms with E-state index < -0.39 is 10.0 Å². The first kappa shape index (κ1) is 21.1. The van der Waals surface area contributed by atoms with Gasteiger partial charge in [0.25, 0.3) is 5.91 Å². The normalized spacial score (nSPS) is 21.5. The van der Waals surface area contributed by atoms with Crippen molar-refractivity contribution in [2.45, 2.75) is 30.6 Å². The van der Waals surface area contributed by atoms with Crippen molar-refractivity contribution in [2.24, 2.45) is 4.99 Å². The first-order valence-corrected chi connectivity index (χ1v) is 12.4. The lowest BCUT2D eigenvalue weighted by Gasteiger charge is -2.26. The van der Waals surface area contributed by atoms with E-state index in [4.69, 9.17) is 9.15 Å². The highest BCUT2D eigenvalue weighted by Gasteiger charge is 2.31. The zero-order valence-corrected chi connectivity index (χ0v) is 18.5. The molecule has 0 radical (unpaired) electrons. The Morgan fingerprint density at radius 2 is 1.72 bits per heavy atom. The fourth-order valence-electron chi connectivity index (χ4n) is 4.20. The number of aliphatic imine (C=N–C) groups is 1. The number of carbonyl (C=O) groups is 1. The molecule has 8 nitrogen and oxygen atoms in total. The molecule has 1 aromatic carbocycles. The monoisotopic (exact) mass is 455 g/mol. The quantitative estimate of drug-likeness (QED) is 0.661. The van der Waals surface area contributed by atoms with Crippen LogP contribution in [-0.4, -0.2) is 62.2 Å². The molecule has 0 aliphatic carbocycles. The van der Waals surface area contributed by atoms with Gasteiger partial charge in [0.2, 0.25) is 10.0 Å². The smallest absolute Gasteiger partial charge is 0.277 e. The molecule has 168 valence electrons. The summed E-state index contributed by atoms with van der Waals surface area (Å²) in [6.45, 7) is 2.26. The number of hydrogen-bond donors (Lipinski definition) is 0. The van der Waals surface area contributed by atoms with Crippen LogP contribution >= 0.6 is 0 Å². The van der Waals surface area contributed by atoms with E-state index in [9.17, 15) is 13.2 Å². The van der Waals surface area contributed by atoms with E-state index in [1.165, 1.54) is 4.31 Å². The summed E-state index contributed by atoms with van der Waals surface area (Å²) in [5.74, 6) is 1.91. The summed E-state index contributed by atoms with van der Waals surface area (Å²) in [5, 5.41) is 0. The molecule has 2 aromatic rings. The maximum atomic E-state index is 12.8. The maximum absolute atomic E-state index is 12.8. The van der Waals surface area contributed by atoms with E-state index in [0.717, 1.165) is 43.6 Å². The van der Waals surface area contributed by atoms with Crippen molar-refractivity contribution in [3.8, 4) is 11.3 Å². The number of nitrogens with zero attached hydrogens (tertiary/aromatic N) is 3. The number of amidine groups is 1. The van der Waals surface area contributed by atoms with Gasteiger partial charge in [-0.25, -0.2) is 13.4 Å². The van der Waals surface area contributed by atoms with Gasteiger partial charge in [-0.15, -0.1) is 0 Å². The third-order valence-electron chi connectivity index (χ3n) is 5.96. The number of benzene rings is 1. The summed E-state index contributed by atoms with van der Waals surface area (Å²) in [6.07, 6.45) is 5.67. The molecule has 0 bridgehead atoms. The van der Waals surface area contributed by atoms with E-state index in [1.54, 1.807) is 41.3 Å². The standard InChI is InChI=1S/C23H25N3O5S/c27-23-20(24-22-4-2-1-3-11-26(22)23)16-18-7-10-21(31-18)17-5-8-19(9-6-17)32(28,29)25-12-14-30-15-13-25/h5-10,16H,1-4,11-15H2/b20-16-. The van der Waals surface area contributed by atoms with Crippen LogP contribution < -0.4 is 0 Å². The highest BCUT2D eigenvalue weighted by Crippen LogP contribution is 2.28. The molecular formula is C23H25N3O5S. The van der Waals surface area contributed by atoms with Crippen molar-refractivity contribution in [2.75, 3.05) is 32.8 Å². The van der Waals surface area contributed by atoms with E-state index in [0.29, 0.717) is 43.5 Å². The number of amides is 1. The van der Waals surface area contributed by atoms with Gasteiger partial charge in [0.05, 0.1) is 18.1 Å². The Hall–Kier alpha value is -2.75. The number of carbonyl (C=O) groups excluding carboxylic acids is 1. The van der Waals surface area contributed by atoms with Gasteiger partial charge in [-0.2, -0.15) is 4.31 Å². The van der Waals surface area contributed by atoms with Gasteiger partial charge in [-0.3, -0.25) is 9.69 Å². The number of rotatable bonds is 4. The van der Waals surface area contributed by atoms with Gasteiger partial charge in [-0.05, 0) is 49.2 Å². The minimum atomic E-state index is -3.53. The Balaban J connectivity index is 1.34. The van der Waals surface area contributed by atoms with Crippen LogP contribution in [-0.2, 0) is 19.6 Å². The van der Waals surface area contributed by atoms with Crippen molar-refractivity contribution in [3.63, 3.8) is 0 Å². The Morgan fingerprint density at radius 3 is 2.50 bits per heavy atom. The first-order chi connectivity index (χ1) is 15.5. The second-order valence-corrected chi connectivity index (χ2v) is 10.0. The van der Waals surface area contributed by atoms with Crippen molar-refractivity contribution in [1.29, 1.82) is 0 Å². The van der Waals surface area contributed by atoms with Crippen LogP contribution in [0.4, 0.5) is 0 Å². The van der Waals surface area contributed by atoms with Crippen LogP contribution in [0.25, 0.3) is 17.4 Å². The topological polar surface area (TPSA) is 92.4 Å². The number of sulfonamides is 1. The summed E-state index contributed by atoms with van der Waals surface area (Å²) in [6, 6.07) is 10.2. The summed E-state index contributed by atoms with van der Waals surface area (Å²) in [4.78, 5) is 19.2. The minimum Gasteiger partial charge on any atom is -0.457 e. The average molecular weight is 456 g/mol. The lowest BCUT2D eigenvalue weighted by Crippen LogP contribution is -2.40. The molecule has 0 atom stereocenters. The predicted molar refractivity (Wildman–Crippen MR) is 119 cm³/mol. The molecule has 0 N–H and O–H groups in total. The number of morpholine rings is 1. The number of hydrogen-bond acceptors (Lipinski definition) is 6. The maximum Gasteiger partial charge on any atom is 0.277 e. The lowest BCUT2D eigenvalue weighted by molar-refractivity contribution is -0.122. The van der Waals surface area contributed by atoms with Gasteiger partial charge in [0.1, 0.15) is 23.1 Å². The van der Waals surface area contributed by atoms with Crippen LogP contribution in [0, 0.1) is 0 Å². The average Bonchev–Trinajstić information content (AvgIpc) is 3.31. The number of fused-ring (bicyclic) bond motifs is 1. The molecule has 2 fully saturated rings. The fourth-order valence-corrected chi connectivity index (χ4v) is 5.60. The molecule has 9 heteroatoms. The predicted octanol–water partition coefficient (Wildman–Crippen LogP) is 3.12. The van der Waals surface area contributed by atoms with Crippen molar-refractivity contribution < 1.29 is 22.4 Å². The zero-order valence-electron chi connectivity index (χ0n) is 17.7. The Kier molecular flexibility index (Phi) is 5.71. The van der Waals surface area contributed by atoms with Crippen LogP contribution in [0.15, 0.2) is 56.4 Å². The van der Waals surface area contributed by atoms with Gasteiger partial charge < -0.3 is 9.15 Å². The van der Waals surface area contributed by atoms with E-state index >= 15 is 0 Å². The molecule has 3 aliphatic heterocycles. The van der Waals surface area contributed by atoms with Crippen LogP contribution in [0.1, 0.15) is 31.4 Å². The van der Waals surface area contributed by atoms with Gasteiger partial charge in [0.15, 0.2) is 0 Å². The highest BCUT2D eigenvalue weighted by atomic mass is 32.2. The third kappa shape index (κ3) is 4.03. The van der Waals surface area contributed by atoms with E-state index in [-0.39, 0.29) is 10.8 Å². The van der Waals surface area contributed by atoms with Crippen molar-refractivity contribution in [1.82, 2.24) is 9.21 Å². The van der Waals surface area contributed by atoms with Crippen molar-refractivity contribution in [3.05, 3.63) is 47.9 Å². The molecule has 2 saturated heterocycles. The molecule has 0 unspecified atom stereocenters. The summed E-state index contributed by atoms with van der Waals surface area (Å²) >= 11 is 0. The van der Waals surface area contributed by atoms with Crippen LogP contribution in [0.3, 0.4) is 0 Å². The second-order valence-electron chi connectivity index (χ2n) is 8.07. The fraction of sp³-hybridized carbons (Fsp3) is 0.391. The summed E-state index contributed by atoms with van der Waals surface area (Å²) in [7, 11) is -3.53. The second kappa shape index (κ2) is 8.65. The molecule has 0 spiro atoms. The Morgan fingerprint density at radius 1 is 0.938 bits per heavy atom. The number of furan rings is 1. The van der Waals surface area contributed by atoms with Gasteiger partial charge >= 0.3 is 0 Å². The van der Waals surface area contributed by atoms with Crippen LogP contribution in [0.5, 0.6) is 0 Å². The number of ether oxygens (including phenoxy) is 1. The molecular weight excluding hydrogens is 430 g/mol.